The minimum atomic E-state index is -0.127. The average Bonchev–Trinajstić information content (AvgIpc) is 2.60. The molecule has 2 amide bonds. The van der Waals surface area contributed by atoms with Crippen molar-refractivity contribution in [3.8, 4) is 0 Å². The SMILES string of the molecule is CC(C(=O)N1CCCN(C)C(=O)C1)N1CCNCC1. The fourth-order valence-corrected chi connectivity index (χ4v) is 2.66. The quantitative estimate of drug-likeness (QED) is 0.696. The molecule has 19 heavy (non-hydrogen) atoms. The van der Waals surface area contributed by atoms with Crippen molar-refractivity contribution in [1.82, 2.24) is 20.0 Å². The highest BCUT2D eigenvalue weighted by Crippen LogP contribution is 2.09. The van der Waals surface area contributed by atoms with E-state index in [0.29, 0.717) is 6.54 Å². The fourth-order valence-electron chi connectivity index (χ4n) is 2.66. The molecule has 0 aromatic carbocycles. The van der Waals surface area contributed by atoms with E-state index in [0.717, 1.165) is 39.1 Å². The van der Waals surface area contributed by atoms with Crippen molar-refractivity contribution in [2.24, 2.45) is 0 Å². The standard InChI is InChI=1S/C13H24N4O2/c1-11(16-8-4-14-5-9-16)13(19)17-7-3-6-15(2)12(18)10-17/h11,14H,3-10H2,1-2H3. The number of carbonyl (C=O) groups is 2. The molecule has 6 heteroatoms. The van der Waals surface area contributed by atoms with Crippen molar-refractivity contribution in [2.45, 2.75) is 19.4 Å². The van der Waals surface area contributed by atoms with Crippen molar-refractivity contribution in [3.05, 3.63) is 0 Å². The first-order chi connectivity index (χ1) is 9.09. The predicted octanol–water partition coefficient (Wildman–Crippen LogP) is -1.03. The molecular weight excluding hydrogens is 244 g/mol. The normalized spacial score (nSPS) is 24.2. The van der Waals surface area contributed by atoms with Gasteiger partial charge in [0.2, 0.25) is 11.8 Å². The van der Waals surface area contributed by atoms with Crippen LogP contribution in [-0.4, -0.2) is 85.4 Å². The van der Waals surface area contributed by atoms with Gasteiger partial charge in [0.1, 0.15) is 0 Å². The lowest BCUT2D eigenvalue weighted by molar-refractivity contribution is -0.141. The molecule has 0 radical (unpaired) electrons. The van der Waals surface area contributed by atoms with E-state index in [9.17, 15) is 9.59 Å². The van der Waals surface area contributed by atoms with Crippen LogP contribution in [0.4, 0.5) is 0 Å². The van der Waals surface area contributed by atoms with Crippen LogP contribution in [-0.2, 0) is 9.59 Å². The Morgan fingerprint density at radius 1 is 1.21 bits per heavy atom. The van der Waals surface area contributed by atoms with Crippen LogP contribution in [0.15, 0.2) is 0 Å². The second kappa shape index (κ2) is 6.34. The summed E-state index contributed by atoms with van der Waals surface area (Å²) in [7, 11) is 1.80. The Morgan fingerprint density at radius 2 is 1.89 bits per heavy atom. The summed E-state index contributed by atoms with van der Waals surface area (Å²) in [6.07, 6.45) is 0.863. The Kier molecular flexibility index (Phi) is 4.76. The summed E-state index contributed by atoms with van der Waals surface area (Å²) in [5.74, 6) is 0.129. The highest BCUT2D eigenvalue weighted by Gasteiger charge is 2.29. The van der Waals surface area contributed by atoms with Gasteiger partial charge in [-0.3, -0.25) is 14.5 Å². The first-order valence-corrected chi connectivity index (χ1v) is 7.07. The first kappa shape index (κ1) is 14.3. The molecule has 1 atom stereocenters. The summed E-state index contributed by atoms with van der Waals surface area (Å²) >= 11 is 0. The second-order valence-electron chi connectivity index (χ2n) is 5.39. The highest BCUT2D eigenvalue weighted by molar-refractivity contribution is 5.87. The number of likely N-dealkylation sites (N-methyl/N-ethyl adjacent to an activating group) is 1. The molecule has 0 saturated carbocycles. The van der Waals surface area contributed by atoms with E-state index in [1.165, 1.54) is 0 Å². The number of nitrogens with zero attached hydrogens (tertiary/aromatic N) is 3. The second-order valence-corrected chi connectivity index (χ2v) is 5.39. The third kappa shape index (κ3) is 3.45. The minimum Gasteiger partial charge on any atom is -0.344 e. The molecule has 1 unspecified atom stereocenters. The zero-order chi connectivity index (χ0) is 13.8. The number of hydrogen-bond acceptors (Lipinski definition) is 4. The van der Waals surface area contributed by atoms with Gasteiger partial charge in [-0.05, 0) is 13.3 Å². The zero-order valence-corrected chi connectivity index (χ0v) is 11.9. The number of amides is 2. The third-order valence-corrected chi connectivity index (χ3v) is 4.04. The lowest BCUT2D eigenvalue weighted by Crippen LogP contribution is -2.54. The third-order valence-electron chi connectivity index (χ3n) is 4.04. The number of carbonyl (C=O) groups excluding carboxylic acids is 2. The Balaban J connectivity index is 1.95. The number of hydrogen-bond donors (Lipinski definition) is 1. The van der Waals surface area contributed by atoms with Gasteiger partial charge in [-0.25, -0.2) is 0 Å². The molecule has 2 heterocycles. The highest BCUT2D eigenvalue weighted by atomic mass is 16.2. The van der Waals surface area contributed by atoms with Gasteiger partial charge in [-0.1, -0.05) is 0 Å². The first-order valence-electron chi connectivity index (χ1n) is 7.07. The lowest BCUT2D eigenvalue weighted by Gasteiger charge is -2.34. The van der Waals surface area contributed by atoms with E-state index < -0.39 is 0 Å². The van der Waals surface area contributed by atoms with E-state index in [-0.39, 0.29) is 24.4 Å². The van der Waals surface area contributed by atoms with Crippen molar-refractivity contribution >= 4 is 11.8 Å². The van der Waals surface area contributed by atoms with Crippen molar-refractivity contribution < 1.29 is 9.59 Å². The van der Waals surface area contributed by atoms with E-state index in [1.54, 1.807) is 16.8 Å². The van der Waals surface area contributed by atoms with Crippen LogP contribution in [0.3, 0.4) is 0 Å². The summed E-state index contributed by atoms with van der Waals surface area (Å²) in [5.41, 5.74) is 0. The van der Waals surface area contributed by atoms with Crippen molar-refractivity contribution in [1.29, 1.82) is 0 Å². The molecule has 0 aromatic heterocycles. The maximum absolute atomic E-state index is 12.5. The van der Waals surface area contributed by atoms with Crippen LogP contribution in [0.25, 0.3) is 0 Å². The van der Waals surface area contributed by atoms with Crippen LogP contribution in [0.1, 0.15) is 13.3 Å². The molecule has 2 rings (SSSR count). The average molecular weight is 268 g/mol. The Hall–Kier alpha value is -1.14. The molecule has 0 aromatic rings. The molecule has 2 aliphatic rings. The van der Waals surface area contributed by atoms with E-state index in [4.69, 9.17) is 0 Å². The zero-order valence-electron chi connectivity index (χ0n) is 11.9. The molecule has 0 aliphatic carbocycles. The molecule has 108 valence electrons. The van der Waals surface area contributed by atoms with Gasteiger partial charge >= 0.3 is 0 Å². The largest absolute Gasteiger partial charge is 0.344 e. The van der Waals surface area contributed by atoms with Crippen LogP contribution >= 0.6 is 0 Å². The van der Waals surface area contributed by atoms with Crippen LogP contribution in [0.5, 0.6) is 0 Å². The smallest absolute Gasteiger partial charge is 0.241 e. The summed E-state index contributed by atoms with van der Waals surface area (Å²) < 4.78 is 0. The Labute approximate surface area is 114 Å². The molecular formula is C13H24N4O2. The summed E-state index contributed by atoms with van der Waals surface area (Å²) in [6, 6.07) is -0.127. The number of nitrogens with one attached hydrogen (secondary N) is 1. The van der Waals surface area contributed by atoms with Gasteiger partial charge in [0.15, 0.2) is 0 Å². The monoisotopic (exact) mass is 268 g/mol. The van der Waals surface area contributed by atoms with E-state index in [2.05, 4.69) is 10.2 Å². The van der Waals surface area contributed by atoms with Gasteiger partial charge in [0, 0.05) is 46.3 Å². The Morgan fingerprint density at radius 3 is 2.58 bits per heavy atom. The molecule has 0 bridgehead atoms. The molecule has 0 spiro atoms. The Bertz CT molecular complexity index is 342. The van der Waals surface area contributed by atoms with Crippen LogP contribution in [0, 0.1) is 0 Å². The van der Waals surface area contributed by atoms with Crippen LogP contribution < -0.4 is 5.32 Å². The maximum atomic E-state index is 12.5. The van der Waals surface area contributed by atoms with Gasteiger partial charge in [0.25, 0.3) is 0 Å². The summed E-state index contributed by atoms with van der Waals surface area (Å²) in [6.45, 7) is 7.26. The van der Waals surface area contributed by atoms with Gasteiger partial charge in [-0.15, -0.1) is 0 Å². The van der Waals surface area contributed by atoms with Crippen molar-refractivity contribution in [2.75, 3.05) is 52.9 Å². The molecule has 2 fully saturated rings. The van der Waals surface area contributed by atoms with Crippen molar-refractivity contribution in [3.63, 3.8) is 0 Å². The topological polar surface area (TPSA) is 55.9 Å². The summed E-state index contributed by atoms with van der Waals surface area (Å²) in [5, 5.41) is 3.28. The molecule has 6 nitrogen and oxygen atoms in total. The van der Waals surface area contributed by atoms with Gasteiger partial charge in [0.05, 0.1) is 12.6 Å². The van der Waals surface area contributed by atoms with Gasteiger partial charge < -0.3 is 15.1 Å². The van der Waals surface area contributed by atoms with E-state index >= 15 is 0 Å². The van der Waals surface area contributed by atoms with Gasteiger partial charge in [-0.2, -0.15) is 0 Å². The minimum absolute atomic E-state index is 0.0401. The predicted molar refractivity (Wildman–Crippen MR) is 72.7 cm³/mol. The lowest BCUT2D eigenvalue weighted by atomic mass is 10.2. The number of piperazine rings is 1. The number of rotatable bonds is 2. The van der Waals surface area contributed by atoms with Crippen LogP contribution in [0.2, 0.25) is 0 Å². The van der Waals surface area contributed by atoms with E-state index in [1.807, 2.05) is 6.92 Å². The molecule has 1 N–H and O–H groups in total. The fraction of sp³-hybridized carbons (Fsp3) is 0.846. The maximum Gasteiger partial charge on any atom is 0.241 e. The molecule has 2 saturated heterocycles. The summed E-state index contributed by atoms with van der Waals surface area (Å²) in [4.78, 5) is 30.0. The molecule has 2 aliphatic heterocycles.